The van der Waals surface area contributed by atoms with E-state index in [2.05, 4.69) is 27.4 Å². The molecule has 4 heterocycles. The van der Waals surface area contributed by atoms with Gasteiger partial charge in [-0.3, -0.25) is 4.90 Å². The molecule has 1 fully saturated rings. The van der Waals surface area contributed by atoms with E-state index in [9.17, 15) is 14.3 Å². The van der Waals surface area contributed by atoms with E-state index in [1.54, 1.807) is 36.6 Å². The van der Waals surface area contributed by atoms with E-state index in [4.69, 9.17) is 14.5 Å². The third-order valence-electron chi connectivity index (χ3n) is 8.34. The summed E-state index contributed by atoms with van der Waals surface area (Å²) in [5, 5.41) is 9.19. The number of aliphatic carboxylic acids is 1. The SMILES string of the molecule is CCc1ncsc1Cn1c(/C=C/C(=O)O)cnc1CN1CCC(c2cccc3c2OC(C)(c2ccc(C)cc2F)O3)CC1. The first-order valence-electron chi connectivity index (χ1n) is 14.6. The molecule has 1 N–H and O–H groups in total. The van der Waals surface area contributed by atoms with Gasteiger partial charge in [0.15, 0.2) is 11.5 Å². The van der Waals surface area contributed by atoms with Crippen molar-refractivity contribution in [1.29, 1.82) is 0 Å². The molecule has 0 radical (unpaired) electrons. The lowest BCUT2D eigenvalue weighted by molar-refractivity contribution is -0.131. The number of ether oxygens (including phenoxy) is 2. The lowest BCUT2D eigenvalue weighted by Crippen LogP contribution is -2.34. The molecule has 0 amide bonds. The van der Waals surface area contributed by atoms with Crippen molar-refractivity contribution in [3.05, 3.63) is 98.8 Å². The van der Waals surface area contributed by atoms with Crippen LogP contribution in [0.1, 0.15) is 71.4 Å². The summed E-state index contributed by atoms with van der Waals surface area (Å²) in [5.41, 5.74) is 5.99. The normalized spacial score (nSPS) is 19.0. The number of aromatic nitrogens is 3. The fourth-order valence-corrected chi connectivity index (χ4v) is 6.90. The molecule has 43 heavy (non-hydrogen) atoms. The third kappa shape index (κ3) is 5.94. The van der Waals surface area contributed by atoms with E-state index in [1.807, 2.05) is 30.6 Å². The highest BCUT2D eigenvalue weighted by molar-refractivity contribution is 7.09. The number of para-hydroxylation sites is 1. The van der Waals surface area contributed by atoms with Gasteiger partial charge in [0.05, 0.1) is 41.7 Å². The van der Waals surface area contributed by atoms with Crippen LogP contribution >= 0.6 is 11.3 Å². The smallest absolute Gasteiger partial charge is 0.328 e. The summed E-state index contributed by atoms with van der Waals surface area (Å²) in [5.74, 6) is -0.0477. The predicted octanol–water partition coefficient (Wildman–Crippen LogP) is 6.52. The van der Waals surface area contributed by atoms with E-state index in [1.165, 1.54) is 6.07 Å². The number of hydrogen-bond acceptors (Lipinski definition) is 7. The molecule has 0 aliphatic carbocycles. The topological polar surface area (TPSA) is 89.7 Å². The Labute approximate surface area is 254 Å². The Morgan fingerprint density at radius 1 is 1.19 bits per heavy atom. The van der Waals surface area contributed by atoms with Gasteiger partial charge in [0.2, 0.25) is 0 Å². The Bertz CT molecular complexity index is 1670. The summed E-state index contributed by atoms with van der Waals surface area (Å²) in [6.07, 6.45) is 7.19. The van der Waals surface area contributed by atoms with Crippen molar-refractivity contribution in [2.45, 2.75) is 64.8 Å². The molecule has 2 aliphatic rings. The van der Waals surface area contributed by atoms with E-state index >= 15 is 0 Å². The number of hydrogen-bond donors (Lipinski definition) is 1. The number of likely N-dealkylation sites (tertiary alicyclic amines) is 1. The molecule has 4 aromatic rings. The van der Waals surface area contributed by atoms with Crippen molar-refractivity contribution in [3.63, 3.8) is 0 Å². The largest absolute Gasteiger partial charge is 0.478 e. The number of halogens is 1. The second kappa shape index (κ2) is 11.9. The molecule has 0 bridgehead atoms. The van der Waals surface area contributed by atoms with Crippen LogP contribution in [0.3, 0.4) is 0 Å². The Morgan fingerprint density at radius 2 is 2.00 bits per heavy atom. The van der Waals surface area contributed by atoms with Crippen LogP contribution in [0, 0.1) is 12.7 Å². The average molecular weight is 603 g/mol. The zero-order chi connectivity index (χ0) is 30.1. The molecule has 2 aromatic heterocycles. The minimum Gasteiger partial charge on any atom is -0.478 e. The van der Waals surface area contributed by atoms with Gasteiger partial charge in [-0.2, -0.15) is 0 Å². The van der Waals surface area contributed by atoms with Gasteiger partial charge in [0, 0.05) is 23.4 Å². The molecule has 1 unspecified atom stereocenters. The Kier molecular flexibility index (Phi) is 8.07. The van der Waals surface area contributed by atoms with Crippen molar-refractivity contribution in [2.24, 2.45) is 0 Å². The van der Waals surface area contributed by atoms with E-state index in [-0.39, 0.29) is 11.7 Å². The minimum absolute atomic E-state index is 0.276. The zero-order valence-electron chi connectivity index (χ0n) is 24.5. The van der Waals surface area contributed by atoms with Gasteiger partial charge in [-0.1, -0.05) is 25.1 Å². The molecular formula is C33H35FN4O4S. The van der Waals surface area contributed by atoms with Crippen molar-refractivity contribution < 1.29 is 23.8 Å². The van der Waals surface area contributed by atoms with E-state index in [0.29, 0.717) is 30.2 Å². The number of fused-ring (bicyclic) bond motifs is 1. The summed E-state index contributed by atoms with van der Waals surface area (Å²) in [6, 6.07) is 11.1. The summed E-state index contributed by atoms with van der Waals surface area (Å²) in [4.78, 5) is 23.9. The summed E-state index contributed by atoms with van der Waals surface area (Å²) in [7, 11) is 0. The first-order valence-corrected chi connectivity index (χ1v) is 15.5. The molecule has 10 heteroatoms. The molecular weight excluding hydrogens is 567 g/mol. The molecule has 1 atom stereocenters. The van der Waals surface area contributed by atoms with Crippen molar-refractivity contribution in [1.82, 2.24) is 19.4 Å². The maximum absolute atomic E-state index is 14.9. The number of carbonyl (C=O) groups is 1. The second-order valence-corrected chi connectivity index (χ2v) is 12.2. The highest BCUT2D eigenvalue weighted by Crippen LogP contribution is 2.49. The number of carboxylic acids is 1. The molecule has 0 spiro atoms. The van der Waals surface area contributed by atoms with Crippen LogP contribution < -0.4 is 9.47 Å². The highest BCUT2D eigenvalue weighted by Gasteiger charge is 2.42. The third-order valence-corrected chi connectivity index (χ3v) is 9.20. The number of thiazole rings is 1. The van der Waals surface area contributed by atoms with Crippen molar-refractivity contribution in [3.8, 4) is 11.5 Å². The first-order chi connectivity index (χ1) is 20.7. The van der Waals surface area contributed by atoms with E-state index in [0.717, 1.165) is 71.6 Å². The van der Waals surface area contributed by atoms with Gasteiger partial charge < -0.3 is 19.1 Å². The van der Waals surface area contributed by atoms with Gasteiger partial charge in [-0.25, -0.2) is 19.2 Å². The van der Waals surface area contributed by atoms with Gasteiger partial charge in [-0.05, 0) is 75.0 Å². The maximum Gasteiger partial charge on any atom is 0.328 e. The molecule has 6 rings (SSSR count). The molecule has 2 aromatic carbocycles. The molecule has 0 saturated carbocycles. The van der Waals surface area contributed by atoms with Crippen LogP contribution in [-0.2, 0) is 30.1 Å². The minimum atomic E-state index is -1.23. The van der Waals surface area contributed by atoms with Crippen molar-refractivity contribution >= 4 is 23.4 Å². The zero-order valence-corrected chi connectivity index (χ0v) is 25.4. The summed E-state index contributed by atoms with van der Waals surface area (Å²) < 4.78 is 29.6. The predicted molar refractivity (Wildman–Crippen MR) is 163 cm³/mol. The number of benzene rings is 2. The van der Waals surface area contributed by atoms with Crippen LogP contribution in [0.4, 0.5) is 4.39 Å². The molecule has 224 valence electrons. The monoisotopic (exact) mass is 602 g/mol. The molecule has 8 nitrogen and oxygen atoms in total. The lowest BCUT2D eigenvalue weighted by atomic mass is 9.88. The quantitative estimate of drug-likeness (QED) is 0.218. The number of carboxylic acid groups (broad SMARTS) is 1. The van der Waals surface area contributed by atoms with E-state index < -0.39 is 11.8 Å². The van der Waals surface area contributed by atoms with Gasteiger partial charge in [-0.15, -0.1) is 11.3 Å². The fraction of sp³-hybridized carbons (Fsp3) is 0.364. The van der Waals surface area contributed by atoms with Crippen molar-refractivity contribution in [2.75, 3.05) is 13.1 Å². The number of nitrogens with zero attached hydrogens (tertiary/aromatic N) is 4. The Hall–Kier alpha value is -4.02. The summed E-state index contributed by atoms with van der Waals surface area (Å²) in [6.45, 7) is 8.71. The number of aryl methyl sites for hydroxylation is 2. The number of rotatable bonds is 9. The van der Waals surface area contributed by atoms with Crippen LogP contribution in [0.15, 0.2) is 54.2 Å². The Morgan fingerprint density at radius 3 is 2.74 bits per heavy atom. The summed E-state index contributed by atoms with van der Waals surface area (Å²) >= 11 is 1.61. The van der Waals surface area contributed by atoms with Gasteiger partial charge in [0.1, 0.15) is 11.6 Å². The fourth-order valence-electron chi connectivity index (χ4n) is 6.05. The van der Waals surface area contributed by atoms with Crippen LogP contribution in [-0.4, -0.2) is 43.6 Å². The first kappa shape index (κ1) is 29.1. The highest BCUT2D eigenvalue weighted by atomic mass is 32.1. The van der Waals surface area contributed by atoms with Crippen LogP contribution in [0.25, 0.3) is 6.08 Å². The number of imidazole rings is 1. The number of piperidine rings is 1. The standard InChI is InChI=1S/C33H35FN4O4S/c1-4-27-29(43-20-36-27)18-38-23(9-11-31(39)40)17-35-30(38)19-37-14-12-22(13-15-37)24-6-5-7-28-32(24)42-33(3,41-28)25-10-8-21(2)16-26(25)34/h5-11,16-17,20,22H,4,12-15,18-19H2,1-3H3,(H,39,40)/b11-9+. The second-order valence-electron chi connectivity index (χ2n) is 11.3. The van der Waals surface area contributed by atoms with Gasteiger partial charge >= 0.3 is 5.97 Å². The average Bonchev–Trinajstić information content (AvgIpc) is 3.69. The molecule has 1 saturated heterocycles. The Balaban J connectivity index is 1.17. The lowest BCUT2D eigenvalue weighted by Gasteiger charge is -2.32. The molecule has 2 aliphatic heterocycles. The van der Waals surface area contributed by atoms with Crippen LogP contribution in [0.2, 0.25) is 0 Å². The van der Waals surface area contributed by atoms with Crippen LogP contribution in [0.5, 0.6) is 11.5 Å². The maximum atomic E-state index is 14.9. The van der Waals surface area contributed by atoms with Gasteiger partial charge in [0.25, 0.3) is 5.79 Å².